The van der Waals surface area contributed by atoms with Gasteiger partial charge in [0.15, 0.2) is 0 Å². The van der Waals surface area contributed by atoms with Gasteiger partial charge in [-0.1, -0.05) is 29.8 Å². The van der Waals surface area contributed by atoms with E-state index in [1.54, 1.807) is 17.0 Å². The second kappa shape index (κ2) is 5.71. The van der Waals surface area contributed by atoms with Crippen LogP contribution in [0.25, 0.3) is 0 Å². The molecule has 4 nitrogen and oxygen atoms in total. The molecule has 1 amide bonds. The molecule has 0 atom stereocenters. The van der Waals surface area contributed by atoms with E-state index in [2.05, 4.69) is 10.3 Å². The number of nitrogens with zero attached hydrogens (tertiary/aromatic N) is 2. The zero-order valence-electron chi connectivity index (χ0n) is 10.7. The van der Waals surface area contributed by atoms with Crippen LogP contribution < -0.4 is 10.2 Å². The van der Waals surface area contributed by atoms with Gasteiger partial charge in [0.1, 0.15) is 11.0 Å². The molecule has 0 aliphatic heterocycles. The van der Waals surface area contributed by atoms with Crippen molar-refractivity contribution in [3.63, 3.8) is 0 Å². The Morgan fingerprint density at radius 2 is 1.89 bits per heavy atom. The van der Waals surface area contributed by atoms with Crippen molar-refractivity contribution in [1.82, 2.24) is 4.98 Å². The van der Waals surface area contributed by atoms with Gasteiger partial charge in [0.2, 0.25) is 0 Å². The van der Waals surface area contributed by atoms with Crippen molar-refractivity contribution >= 4 is 29.0 Å². The zero-order chi connectivity index (χ0) is 13.8. The Bertz CT molecular complexity index is 584. The van der Waals surface area contributed by atoms with Gasteiger partial charge in [-0.25, -0.2) is 4.98 Å². The van der Waals surface area contributed by atoms with Crippen molar-refractivity contribution in [3.05, 3.63) is 53.2 Å². The summed E-state index contributed by atoms with van der Waals surface area (Å²) in [6.45, 7) is 0. The van der Waals surface area contributed by atoms with Crippen molar-refractivity contribution in [1.29, 1.82) is 0 Å². The average molecular weight is 276 g/mol. The maximum Gasteiger partial charge on any atom is 0.255 e. The quantitative estimate of drug-likeness (QED) is 0.876. The van der Waals surface area contributed by atoms with Crippen LogP contribution in [0.4, 0.5) is 11.5 Å². The van der Waals surface area contributed by atoms with Gasteiger partial charge in [-0.3, -0.25) is 4.79 Å². The molecular formula is C14H14ClN3O. The highest BCUT2D eigenvalue weighted by atomic mass is 35.5. The molecule has 1 aromatic heterocycles. The standard InChI is InChI=1S/C14H14ClN3O/c1-18(2)13-9-10(8-12(15)17-13)14(19)16-11-6-4-3-5-7-11/h3-9H,1-2H3,(H,16,19). The molecule has 0 saturated heterocycles. The number of amides is 1. The van der Waals surface area contributed by atoms with E-state index in [9.17, 15) is 4.79 Å². The Morgan fingerprint density at radius 3 is 2.53 bits per heavy atom. The molecule has 2 rings (SSSR count). The maximum atomic E-state index is 12.1. The number of para-hydroxylation sites is 1. The molecule has 1 aromatic carbocycles. The van der Waals surface area contributed by atoms with E-state index >= 15 is 0 Å². The third-order valence-electron chi connectivity index (χ3n) is 2.53. The summed E-state index contributed by atoms with van der Waals surface area (Å²) in [4.78, 5) is 18.1. The number of pyridine rings is 1. The van der Waals surface area contributed by atoms with Gasteiger partial charge in [0.25, 0.3) is 5.91 Å². The fourth-order valence-corrected chi connectivity index (χ4v) is 1.77. The second-order valence-corrected chi connectivity index (χ2v) is 4.64. The smallest absolute Gasteiger partial charge is 0.255 e. The first-order valence-electron chi connectivity index (χ1n) is 5.77. The summed E-state index contributed by atoms with van der Waals surface area (Å²) in [6, 6.07) is 12.5. The van der Waals surface area contributed by atoms with Crippen LogP contribution in [0.15, 0.2) is 42.5 Å². The van der Waals surface area contributed by atoms with Crippen LogP contribution in [0.2, 0.25) is 5.15 Å². The van der Waals surface area contributed by atoms with Gasteiger partial charge < -0.3 is 10.2 Å². The molecule has 1 N–H and O–H groups in total. The topological polar surface area (TPSA) is 45.2 Å². The summed E-state index contributed by atoms with van der Waals surface area (Å²) in [7, 11) is 3.69. The number of nitrogens with one attached hydrogen (secondary N) is 1. The SMILES string of the molecule is CN(C)c1cc(C(=O)Nc2ccccc2)cc(Cl)n1. The first kappa shape index (κ1) is 13.4. The highest BCUT2D eigenvalue weighted by molar-refractivity contribution is 6.30. The van der Waals surface area contributed by atoms with E-state index in [4.69, 9.17) is 11.6 Å². The molecule has 0 unspecified atom stereocenters. The van der Waals surface area contributed by atoms with Crippen LogP contribution in [-0.2, 0) is 0 Å². The lowest BCUT2D eigenvalue weighted by molar-refractivity contribution is 0.102. The Balaban J connectivity index is 2.24. The van der Waals surface area contributed by atoms with Crippen LogP contribution in [0.5, 0.6) is 0 Å². The highest BCUT2D eigenvalue weighted by Crippen LogP contribution is 2.17. The molecule has 98 valence electrons. The third kappa shape index (κ3) is 3.45. The van der Waals surface area contributed by atoms with Gasteiger partial charge in [-0.05, 0) is 24.3 Å². The lowest BCUT2D eigenvalue weighted by Crippen LogP contribution is -2.15. The summed E-state index contributed by atoms with van der Waals surface area (Å²) in [5.74, 6) is 0.435. The van der Waals surface area contributed by atoms with E-state index in [1.165, 1.54) is 0 Å². The van der Waals surface area contributed by atoms with Gasteiger partial charge in [-0.15, -0.1) is 0 Å². The zero-order valence-corrected chi connectivity index (χ0v) is 11.5. The van der Waals surface area contributed by atoms with Gasteiger partial charge in [0.05, 0.1) is 0 Å². The first-order chi connectivity index (χ1) is 9.06. The van der Waals surface area contributed by atoms with Crippen molar-refractivity contribution in [3.8, 4) is 0 Å². The lowest BCUT2D eigenvalue weighted by atomic mass is 10.2. The molecule has 5 heteroatoms. The minimum atomic E-state index is -0.210. The molecule has 1 heterocycles. The molecular weight excluding hydrogens is 262 g/mol. The number of hydrogen-bond donors (Lipinski definition) is 1. The normalized spacial score (nSPS) is 10.1. The number of anilines is 2. The Hall–Kier alpha value is -2.07. The largest absolute Gasteiger partial charge is 0.363 e. The predicted molar refractivity (Wildman–Crippen MR) is 78.0 cm³/mol. The molecule has 0 aliphatic rings. The molecule has 0 fully saturated rings. The molecule has 0 spiro atoms. The van der Waals surface area contributed by atoms with Gasteiger partial charge >= 0.3 is 0 Å². The molecule has 0 aliphatic carbocycles. The van der Waals surface area contributed by atoms with Crippen LogP contribution in [0.3, 0.4) is 0 Å². The van der Waals surface area contributed by atoms with Crippen LogP contribution in [0.1, 0.15) is 10.4 Å². The summed E-state index contributed by atoms with van der Waals surface area (Å²) < 4.78 is 0. The summed E-state index contributed by atoms with van der Waals surface area (Å²) >= 11 is 5.92. The van der Waals surface area contributed by atoms with Crippen molar-refractivity contribution < 1.29 is 4.79 Å². The maximum absolute atomic E-state index is 12.1. The molecule has 0 radical (unpaired) electrons. The highest BCUT2D eigenvalue weighted by Gasteiger charge is 2.10. The van der Waals surface area contributed by atoms with E-state index < -0.39 is 0 Å². The number of benzene rings is 1. The van der Waals surface area contributed by atoms with E-state index in [-0.39, 0.29) is 5.91 Å². The minimum Gasteiger partial charge on any atom is -0.363 e. The van der Waals surface area contributed by atoms with Crippen molar-refractivity contribution in [2.75, 3.05) is 24.3 Å². The summed E-state index contributed by atoms with van der Waals surface area (Å²) in [5, 5.41) is 3.10. The second-order valence-electron chi connectivity index (χ2n) is 4.25. The average Bonchev–Trinajstić information content (AvgIpc) is 2.39. The molecule has 0 saturated carbocycles. The monoisotopic (exact) mass is 275 g/mol. The Morgan fingerprint density at radius 1 is 1.21 bits per heavy atom. The molecule has 2 aromatic rings. The van der Waals surface area contributed by atoms with Crippen LogP contribution in [0, 0.1) is 0 Å². The number of hydrogen-bond acceptors (Lipinski definition) is 3. The fourth-order valence-electron chi connectivity index (χ4n) is 1.57. The third-order valence-corrected chi connectivity index (χ3v) is 2.73. The van der Waals surface area contributed by atoms with Gasteiger partial charge in [0, 0.05) is 25.3 Å². The fraction of sp³-hybridized carbons (Fsp3) is 0.143. The van der Waals surface area contributed by atoms with Crippen molar-refractivity contribution in [2.24, 2.45) is 0 Å². The lowest BCUT2D eigenvalue weighted by Gasteiger charge is -2.13. The van der Waals surface area contributed by atoms with E-state index in [0.717, 1.165) is 5.69 Å². The minimum absolute atomic E-state index is 0.210. The van der Waals surface area contributed by atoms with Crippen molar-refractivity contribution in [2.45, 2.75) is 0 Å². The predicted octanol–water partition coefficient (Wildman–Crippen LogP) is 3.05. The Kier molecular flexibility index (Phi) is 4.02. The number of aromatic nitrogens is 1. The van der Waals surface area contributed by atoms with Gasteiger partial charge in [-0.2, -0.15) is 0 Å². The first-order valence-corrected chi connectivity index (χ1v) is 6.15. The van der Waals surface area contributed by atoms with Crippen LogP contribution in [-0.4, -0.2) is 25.0 Å². The molecule has 0 bridgehead atoms. The number of rotatable bonds is 3. The Labute approximate surface area is 117 Å². The summed E-state index contributed by atoms with van der Waals surface area (Å²) in [5.41, 5.74) is 1.22. The number of halogens is 1. The van der Waals surface area contributed by atoms with E-state index in [0.29, 0.717) is 16.5 Å². The van der Waals surface area contributed by atoms with Crippen LogP contribution >= 0.6 is 11.6 Å². The number of carbonyl (C=O) groups is 1. The summed E-state index contributed by atoms with van der Waals surface area (Å²) in [6.07, 6.45) is 0. The molecule has 19 heavy (non-hydrogen) atoms. The van der Waals surface area contributed by atoms with E-state index in [1.807, 2.05) is 44.4 Å². The number of carbonyl (C=O) groups excluding carboxylic acids is 1.